The Kier molecular flexibility index (Phi) is 9.75. The SMILES string of the molecule is C=COCCO.CNC(=O)c1c(Cc2ccc(I)cc2F)n(C)c(=O)n(C)c1=O. The molecule has 0 atom stereocenters. The smallest absolute Gasteiger partial charge is 0.330 e. The van der Waals surface area contributed by atoms with E-state index in [0.29, 0.717) is 12.2 Å². The van der Waals surface area contributed by atoms with Crippen molar-refractivity contribution in [3.05, 3.63) is 78.1 Å². The number of aromatic nitrogens is 2. The van der Waals surface area contributed by atoms with Gasteiger partial charge in [-0.25, -0.2) is 9.18 Å². The Labute approximate surface area is 180 Å². The van der Waals surface area contributed by atoms with E-state index >= 15 is 0 Å². The van der Waals surface area contributed by atoms with Gasteiger partial charge in [0.15, 0.2) is 0 Å². The van der Waals surface area contributed by atoms with Gasteiger partial charge in [-0.3, -0.25) is 18.7 Å². The minimum Gasteiger partial charge on any atom is -0.499 e. The predicted octanol–water partition coefficient (Wildman–Crippen LogP) is 0.917. The molecule has 0 spiro atoms. The summed E-state index contributed by atoms with van der Waals surface area (Å²) in [6, 6.07) is 4.65. The van der Waals surface area contributed by atoms with Crippen molar-refractivity contribution in [2.75, 3.05) is 20.3 Å². The zero-order valence-electron chi connectivity index (χ0n) is 16.4. The maximum atomic E-state index is 14.1. The number of nitrogens with one attached hydrogen (secondary N) is 1. The van der Waals surface area contributed by atoms with Crippen LogP contribution in [0.4, 0.5) is 4.39 Å². The van der Waals surface area contributed by atoms with Crippen molar-refractivity contribution < 1.29 is 19.0 Å². The highest BCUT2D eigenvalue weighted by atomic mass is 127. The summed E-state index contributed by atoms with van der Waals surface area (Å²) < 4.78 is 21.4. The van der Waals surface area contributed by atoms with Crippen LogP contribution in [0.25, 0.3) is 0 Å². The van der Waals surface area contributed by atoms with Crippen LogP contribution in [0.2, 0.25) is 0 Å². The summed E-state index contributed by atoms with van der Waals surface area (Å²) in [6.45, 7) is 3.68. The molecule has 10 heteroatoms. The van der Waals surface area contributed by atoms with Crippen LogP contribution in [-0.2, 0) is 25.3 Å². The molecule has 0 radical (unpaired) electrons. The molecule has 8 nitrogen and oxygen atoms in total. The number of amides is 1. The number of carbonyl (C=O) groups excluding carboxylic acids is 1. The van der Waals surface area contributed by atoms with Crippen LogP contribution in [0.3, 0.4) is 0 Å². The van der Waals surface area contributed by atoms with Crippen LogP contribution >= 0.6 is 22.6 Å². The highest BCUT2D eigenvalue weighted by Crippen LogP contribution is 2.16. The molecule has 2 N–H and O–H groups in total. The average molecular weight is 519 g/mol. The van der Waals surface area contributed by atoms with Crippen molar-refractivity contribution in [2.24, 2.45) is 14.1 Å². The molecular weight excluding hydrogens is 496 g/mol. The molecule has 1 aromatic carbocycles. The number of hydrogen-bond acceptors (Lipinski definition) is 5. The number of carbonyl (C=O) groups is 1. The number of hydrogen-bond donors (Lipinski definition) is 2. The van der Waals surface area contributed by atoms with E-state index in [-0.39, 0.29) is 24.3 Å². The van der Waals surface area contributed by atoms with Gasteiger partial charge in [0.25, 0.3) is 11.5 Å². The summed E-state index contributed by atoms with van der Waals surface area (Å²) in [5, 5.41) is 10.4. The number of benzene rings is 1. The Morgan fingerprint density at radius 3 is 2.48 bits per heavy atom. The van der Waals surface area contributed by atoms with E-state index in [4.69, 9.17) is 5.11 Å². The fourth-order valence-corrected chi connectivity index (χ4v) is 2.88. The monoisotopic (exact) mass is 519 g/mol. The van der Waals surface area contributed by atoms with E-state index in [1.54, 1.807) is 12.1 Å². The van der Waals surface area contributed by atoms with Crippen LogP contribution in [-0.4, -0.2) is 40.4 Å². The van der Waals surface area contributed by atoms with Crippen molar-refractivity contribution in [1.82, 2.24) is 14.5 Å². The van der Waals surface area contributed by atoms with Crippen LogP contribution < -0.4 is 16.6 Å². The van der Waals surface area contributed by atoms with Gasteiger partial charge in [-0.15, -0.1) is 0 Å². The first-order chi connectivity index (χ1) is 13.7. The summed E-state index contributed by atoms with van der Waals surface area (Å²) in [4.78, 5) is 36.5. The average Bonchev–Trinajstić information content (AvgIpc) is 2.70. The number of ether oxygens (including phenoxy) is 1. The lowest BCUT2D eigenvalue weighted by Crippen LogP contribution is -2.44. The summed E-state index contributed by atoms with van der Waals surface area (Å²) in [7, 11) is 4.14. The molecule has 0 bridgehead atoms. The predicted molar refractivity (Wildman–Crippen MR) is 115 cm³/mol. The Morgan fingerprint density at radius 2 is 2.00 bits per heavy atom. The Bertz CT molecular complexity index is 1000. The number of rotatable bonds is 6. The maximum Gasteiger partial charge on any atom is 0.330 e. The lowest BCUT2D eigenvalue weighted by molar-refractivity contribution is 0.0958. The van der Waals surface area contributed by atoms with E-state index in [1.165, 1.54) is 38.0 Å². The van der Waals surface area contributed by atoms with Crippen LogP contribution in [0.1, 0.15) is 21.6 Å². The van der Waals surface area contributed by atoms with Crippen LogP contribution in [0, 0.1) is 9.39 Å². The number of aliphatic hydroxyl groups is 1. The molecule has 0 fully saturated rings. The second-order valence-corrected chi connectivity index (χ2v) is 7.03. The quantitative estimate of drug-likeness (QED) is 0.336. The highest BCUT2D eigenvalue weighted by molar-refractivity contribution is 14.1. The Balaban J connectivity index is 0.000000612. The molecule has 0 aliphatic carbocycles. The zero-order chi connectivity index (χ0) is 22.1. The molecule has 0 aliphatic rings. The zero-order valence-corrected chi connectivity index (χ0v) is 18.5. The van der Waals surface area contributed by atoms with Crippen LogP contribution in [0.5, 0.6) is 0 Å². The summed E-state index contributed by atoms with van der Waals surface area (Å²) >= 11 is 1.99. The van der Waals surface area contributed by atoms with Gasteiger partial charge in [0, 0.05) is 36.8 Å². The number of nitrogens with zero attached hydrogens (tertiary/aromatic N) is 2. The summed E-state index contributed by atoms with van der Waals surface area (Å²) in [5.74, 6) is -1.06. The van der Waals surface area contributed by atoms with Crippen molar-refractivity contribution in [1.29, 1.82) is 0 Å². The van der Waals surface area contributed by atoms with Gasteiger partial charge in [-0.2, -0.15) is 0 Å². The molecule has 1 heterocycles. The summed E-state index contributed by atoms with van der Waals surface area (Å²) in [5.41, 5.74) is -0.941. The molecule has 158 valence electrons. The standard InChI is InChI=1S/C15H15FIN3O3.C4H8O2/c1-18-13(21)12-11(19(2)15(23)20(3)14(12)22)6-8-4-5-9(17)7-10(8)16;1-2-6-4-3-5/h4-5,7H,6H2,1-3H3,(H,18,21);2,5H,1,3-4H2. The third-order valence-electron chi connectivity index (χ3n) is 3.94. The van der Waals surface area contributed by atoms with E-state index in [2.05, 4.69) is 16.6 Å². The van der Waals surface area contributed by atoms with Crippen molar-refractivity contribution in [3.63, 3.8) is 0 Å². The molecule has 2 rings (SSSR count). The molecule has 0 saturated heterocycles. The van der Waals surface area contributed by atoms with Gasteiger partial charge < -0.3 is 15.2 Å². The van der Waals surface area contributed by atoms with E-state index < -0.39 is 23.0 Å². The molecule has 0 unspecified atom stereocenters. The lowest BCUT2D eigenvalue weighted by atomic mass is 10.0. The maximum absolute atomic E-state index is 14.1. The fraction of sp³-hybridized carbons (Fsp3) is 0.316. The van der Waals surface area contributed by atoms with Crippen molar-refractivity contribution in [3.8, 4) is 0 Å². The number of halogens is 2. The van der Waals surface area contributed by atoms with Gasteiger partial charge in [0.05, 0.1) is 12.9 Å². The molecule has 0 saturated carbocycles. The fourth-order valence-electron chi connectivity index (χ4n) is 2.43. The van der Waals surface area contributed by atoms with Crippen LogP contribution in [0.15, 0.2) is 40.6 Å². The van der Waals surface area contributed by atoms with Gasteiger partial charge in [0.2, 0.25) is 0 Å². The van der Waals surface area contributed by atoms with Crippen molar-refractivity contribution in [2.45, 2.75) is 6.42 Å². The lowest BCUT2D eigenvalue weighted by Gasteiger charge is -2.15. The van der Waals surface area contributed by atoms with Crippen molar-refractivity contribution >= 4 is 28.5 Å². The molecule has 2 aromatic rings. The van der Waals surface area contributed by atoms with E-state index in [0.717, 1.165) is 8.14 Å². The molecule has 1 amide bonds. The number of aliphatic hydroxyl groups excluding tert-OH is 1. The van der Waals surface area contributed by atoms with E-state index in [1.807, 2.05) is 22.6 Å². The first-order valence-electron chi connectivity index (χ1n) is 8.47. The third-order valence-corrected chi connectivity index (χ3v) is 4.61. The minimum atomic E-state index is -0.701. The molecule has 0 aliphatic heterocycles. The topological polar surface area (TPSA) is 103 Å². The summed E-state index contributed by atoms with van der Waals surface area (Å²) in [6.07, 6.45) is 1.27. The van der Waals surface area contributed by atoms with Gasteiger partial charge in [0.1, 0.15) is 18.0 Å². The molecule has 29 heavy (non-hydrogen) atoms. The largest absolute Gasteiger partial charge is 0.499 e. The molecular formula is C19H23FIN3O5. The van der Waals surface area contributed by atoms with E-state index in [9.17, 15) is 18.8 Å². The third kappa shape index (κ3) is 6.26. The first kappa shape index (κ1) is 24.6. The Hall–Kier alpha value is -2.47. The molecule has 1 aromatic heterocycles. The van der Waals surface area contributed by atoms with Gasteiger partial charge >= 0.3 is 5.69 Å². The normalized spacial score (nSPS) is 10.0. The second kappa shape index (κ2) is 11.5. The Morgan fingerprint density at radius 1 is 1.34 bits per heavy atom. The van der Waals surface area contributed by atoms with Gasteiger partial charge in [-0.05, 0) is 40.3 Å². The van der Waals surface area contributed by atoms with Gasteiger partial charge in [-0.1, -0.05) is 12.6 Å². The second-order valence-electron chi connectivity index (χ2n) is 5.78. The first-order valence-corrected chi connectivity index (χ1v) is 9.55. The highest BCUT2D eigenvalue weighted by Gasteiger charge is 2.22. The minimum absolute atomic E-state index is 0.0344.